The minimum Gasteiger partial charge on any atom is -0.341 e. The van der Waals surface area contributed by atoms with Gasteiger partial charge in [0.1, 0.15) is 0 Å². The van der Waals surface area contributed by atoms with Crippen LogP contribution in [0.3, 0.4) is 0 Å². The fraction of sp³-hybridized carbons (Fsp3) is 0.106. The SMILES string of the molecule is CCn1c2c(c3cc(N(c4ccccc4)c4ccc5c(c4)c4cc(CCc6ccccc6)ccc4n5-c4ccccc4)ccc31)C=CCC=C2. The van der Waals surface area contributed by atoms with Crippen molar-refractivity contribution >= 4 is 61.9 Å². The molecule has 0 saturated heterocycles. The smallest absolute Gasteiger partial charge is 0.0542 e. The predicted molar refractivity (Wildman–Crippen MR) is 213 cm³/mol. The number of hydrogen-bond donors (Lipinski definition) is 0. The Morgan fingerprint density at radius 3 is 1.86 bits per heavy atom. The Labute approximate surface area is 293 Å². The molecule has 0 aliphatic heterocycles. The lowest BCUT2D eigenvalue weighted by Crippen LogP contribution is -2.10. The molecule has 1 aliphatic rings. The second-order valence-corrected chi connectivity index (χ2v) is 13.2. The average Bonchev–Trinajstić information content (AvgIpc) is 3.53. The number of para-hydroxylation sites is 2. The van der Waals surface area contributed by atoms with Crippen LogP contribution in [-0.2, 0) is 19.4 Å². The molecule has 3 heteroatoms. The number of benzene rings is 6. The summed E-state index contributed by atoms with van der Waals surface area (Å²) in [5, 5.41) is 3.82. The van der Waals surface area contributed by atoms with E-state index in [1.165, 1.54) is 60.8 Å². The van der Waals surface area contributed by atoms with Gasteiger partial charge in [0.2, 0.25) is 0 Å². The number of aromatic nitrogens is 2. The third-order valence-corrected chi connectivity index (χ3v) is 10.2. The van der Waals surface area contributed by atoms with Crippen molar-refractivity contribution in [3.63, 3.8) is 0 Å². The molecule has 242 valence electrons. The van der Waals surface area contributed by atoms with Crippen LogP contribution in [0.25, 0.3) is 50.5 Å². The lowest BCUT2D eigenvalue weighted by atomic mass is 10.0. The standard InChI is InChI=1S/C47H39N3/c1-2-48-44-22-14-6-13-21-40(44)42-32-38(26-29-45(42)48)49(36-17-9-4-10-18-36)39-27-30-47-43(33-39)41-31-35(24-23-34-15-7-3-8-16-34)25-28-46(41)50(47)37-19-11-5-12-20-37/h3-5,7-22,25-33H,2,6,23-24H2,1H3. The van der Waals surface area contributed by atoms with Crippen molar-refractivity contribution < 1.29 is 0 Å². The molecular weight excluding hydrogens is 607 g/mol. The first-order valence-electron chi connectivity index (χ1n) is 17.8. The lowest BCUT2D eigenvalue weighted by Gasteiger charge is -2.26. The molecule has 3 nitrogen and oxygen atoms in total. The zero-order valence-electron chi connectivity index (χ0n) is 28.3. The monoisotopic (exact) mass is 645 g/mol. The second kappa shape index (κ2) is 12.8. The van der Waals surface area contributed by atoms with Crippen LogP contribution in [0.15, 0.2) is 158 Å². The third-order valence-electron chi connectivity index (χ3n) is 10.2. The average molecular weight is 646 g/mol. The lowest BCUT2D eigenvalue weighted by molar-refractivity contribution is 0.789. The van der Waals surface area contributed by atoms with Gasteiger partial charge in [0.05, 0.1) is 11.0 Å². The number of anilines is 3. The highest BCUT2D eigenvalue weighted by Crippen LogP contribution is 2.42. The maximum Gasteiger partial charge on any atom is 0.0542 e. The predicted octanol–water partition coefficient (Wildman–Crippen LogP) is 12.4. The van der Waals surface area contributed by atoms with Gasteiger partial charge in [-0.05, 0) is 116 Å². The molecule has 0 amide bonds. The van der Waals surface area contributed by atoms with Crippen LogP contribution in [-0.4, -0.2) is 9.13 Å². The quantitative estimate of drug-likeness (QED) is 0.160. The van der Waals surface area contributed by atoms with E-state index < -0.39 is 0 Å². The van der Waals surface area contributed by atoms with E-state index in [0.717, 1.165) is 42.9 Å². The summed E-state index contributed by atoms with van der Waals surface area (Å²) < 4.78 is 4.85. The topological polar surface area (TPSA) is 13.1 Å². The van der Waals surface area contributed by atoms with Crippen molar-refractivity contribution in [2.75, 3.05) is 4.90 Å². The van der Waals surface area contributed by atoms with Crippen molar-refractivity contribution in [3.05, 3.63) is 180 Å². The first kappa shape index (κ1) is 30.0. The van der Waals surface area contributed by atoms with E-state index in [2.05, 4.69) is 191 Å². The highest BCUT2D eigenvalue weighted by molar-refractivity contribution is 6.11. The van der Waals surface area contributed by atoms with Crippen molar-refractivity contribution in [2.24, 2.45) is 0 Å². The van der Waals surface area contributed by atoms with Gasteiger partial charge >= 0.3 is 0 Å². The molecule has 2 heterocycles. The van der Waals surface area contributed by atoms with Crippen molar-refractivity contribution in [3.8, 4) is 5.69 Å². The maximum atomic E-state index is 2.44. The molecule has 1 aliphatic carbocycles. The van der Waals surface area contributed by atoms with Gasteiger partial charge in [-0.1, -0.05) is 91.0 Å². The van der Waals surface area contributed by atoms with Gasteiger partial charge in [-0.2, -0.15) is 0 Å². The number of allylic oxidation sites excluding steroid dienone is 2. The normalized spacial score (nSPS) is 12.5. The van der Waals surface area contributed by atoms with Crippen molar-refractivity contribution in [1.29, 1.82) is 0 Å². The van der Waals surface area contributed by atoms with Gasteiger partial charge in [-0.25, -0.2) is 0 Å². The molecule has 8 aromatic rings. The fourth-order valence-electron chi connectivity index (χ4n) is 7.83. The summed E-state index contributed by atoms with van der Waals surface area (Å²) in [6.45, 7) is 3.17. The Morgan fingerprint density at radius 1 is 0.520 bits per heavy atom. The van der Waals surface area contributed by atoms with Crippen LogP contribution in [0.2, 0.25) is 0 Å². The minimum atomic E-state index is 0.932. The molecule has 0 saturated carbocycles. The fourth-order valence-corrected chi connectivity index (χ4v) is 7.83. The van der Waals surface area contributed by atoms with Crippen LogP contribution < -0.4 is 4.90 Å². The summed E-state index contributed by atoms with van der Waals surface area (Å²) >= 11 is 0. The van der Waals surface area contributed by atoms with Crippen LogP contribution in [0.1, 0.15) is 35.7 Å². The Morgan fingerprint density at radius 2 is 1.12 bits per heavy atom. The number of nitrogens with zero attached hydrogens (tertiary/aromatic N) is 3. The van der Waals surface area contributed by atoms with E-state index in [1.54, 1.807) is 0 Å². The van der Waals surface area contributed by atoms with Gasteiger partial charge in [-0.15, -0.1) is 0 Å². The van der Waals surface area contributed by atoms with Crippen LogP contribution >= 0.6 is 0 Å². The van der Waals surface area contributed by atoms with Crippen LogP contribution in [0.5, 0.6) is 0 Å². The van der Waals surface area contributed by atoms with Gasteiger partial charge in [-0.3, -0.25) is 0 Å². The molecule has 0 bridgehead atoms. The highest BCUT2D eigenvalue weighted by atomic mass is 15.1. The number of fused-ring (bicyclic) bond motifs is 6. The van der Waals surface area contributed by atoms with Gasteiger partial charge < -0.3 is 14.0 Å². The summed E-state index contributed by atoms with van der Waals surface area (Å²) in [4.78, 5) is 2.41. The molecule has 6 aromatic carbocycles. The minimum absolute atomic E-state index is 0.932. The molecule has 0 spiro atoms. The second-order valence-electron chi connectivity index (χ2n) is 13.2. The molecule has 0 fully saturated rings. The van der Waals surface area contributed by atoms with Crippen molar-refractivity contribution in [2.45, 2.75) is 32.7 Å². The first-order valence-corrected chi connectivity index (χ1v) is 17.8. The van der Waals surface area contributed by atoms with Crippen LogP contribution in [0, 0.1) is 0 Å². The molecule has 0 N–H and O–H groups in total. The molecule has 0 unspecified atom stereocenters. The number of aryl methyl sites for hydroxylation is 3. The number of hydrogen-bond acceptors (Lipinski definition) is 1. The summed E-state index contributed by atoms with van der Waals surface area (Å²) in [6.07, 6.45) is 12.1. The van der Waals surface area contributed by atoms with E-state index >= 15 is 0 Å². The van der Waals surface area contributed by atoms with E-state index in [0.29, 0.717) is 0 Å². The van der Waals surface area contributed by atoms with E-state index in [4.69, 9.17) is 0 Å². The first-order chi connectivity index (χ1) is 24.8. The zero-order chi connectivity index (χ0) is 33.4. The number of rotatable bonds is 8. The Kier molecular flexibility index (Phi) is 7.66. The third kappa shape index (κ3) is 5.23. The van der Waals surface area contributed by atoms with Crippen LogP contribution in [0.4, 0.5) is 17.1 Å². The van der Waals surface area contributed by atoms with Crippen molar-refractivity contribution in [1.82, 2.24) is 9.13 Å². The summed E-state index contributed by atoms with van der Waals surface area (Å²) in [7, 11) is 0. The van der Waals surface area contributed by atoms with Gasteiger partial charge in [0, 0.05) is 62.2 Å². The maximum absolute atomic E-state index is 2.44. The summed E-state index contributed by atoms with van der Waals surface area (Å²) in [5.74, 6) is 0. The Hall–Kier alpha value is -6.06. The zero-order valence-corrected chi connectivity index (χ0v) is 28.3. The highest BCUT2D eigenvalue weighted by Gasteiger charge is 2.20. The Bertz CT molecular complexity index is 2530. The molecular formula is C47H39N3. The molecule has 0 radical (unpaired) electrons. The Balaban J connectivity index is 1.23. The largest absolute Gasteiger partial charge is 0.341 e. The molecule has 9 rings (SSSR count). The van der Waals surface area contributed by atoms with E-state index in [9.17, 15) is 0 Å². The van der Waals surface area contributed by atoms with Gasteiger partial charge in [0.25, 0.3) is 0 Å². The molecule has 0 atom stereocenters. The van der Waals surface area contributed by atoms with E-state index in [-0.39, 0.29) is 0 Å². The molecule has 50 heavy (non-hydrogen) atoms. The summed E-state index contributed by atoms with van der Waals surface area (Å²) in [5.41, 5.74) is 13.6. The van der Waals surface area contributed by atoms with E-state index in [1.807, 2.05) is 0 Å². The van der Waals surface area contributed by atoms with Gasteiger partial charge in [0.15, 0.2) is 0 Å². The summed E-state index contributed by atoms with van der Waals surface area (Å²) in [6, 6.07) is 53.4. The molecule has 2 aromatic heterocycles.